The molecule has 0 aliphatic rings. The predicted octanol–water partition coefficient (Wildman–Crippen LogP) is 3.83. The summed E-state index contributed by atoms with van der Waals surface area (Å²) in [6.45, 7) is 0.668. The molecule has 0 bridgehead atoms. The van der Waals surface area contributed by atoms with Crippen molar-refractivity contribution in [2.24, 2.45) is 0 Å². The second-order valence-corrected chi connectivity index (χ2v) is 5.76. The van der Waals surface area contributed by atoms with E-state index in [-0.39, 0.29) is 0 Å². The molecule has 0 aliphatic heterocycles. The molecule has 1 unspecified atom stereocenters. The van der Waals surface area contributed by atoms with Crippen molar-refractivity contribution in [1.82, 2.24) is 4.90 Å². The van der Waals surface area contributed by atoms with Crippen LogP contribution in [0.5, 0.6) is 11.5 Å². The molecule has 4 heteroatoms. The first-order valence-electron chi connectivity index (χ1n) is 6.68. The fraction of sp³-hybridized carbons (Fsp3) is 0.375. The van der Waals surface area contributed by atoms with Gasteiger partial charge < -0.3 is 14.4 Å². The first-order chi connectivity index (χ1) is 9.72. The van der Waals surface area contributed by atoms with Gasteiger partial charge in [0.1, 0.15) is 0 Å². The van der Waals surface area contributed by atoms with E-state index >= 15 is 0 Å². The van der Waals surface area contributed by atoms with Crippen LogP contribution in [-0.2, 0) is 0 Å². The van der Waals surface area contributed by atoms with Gasteiger partial charge in [0, 0.05) is 17.3 Å². The van der Waals surface area contributed by atoms with Gasteiger partial charge in [-0.1, -0.05) is 18.2 Å². The van der Waals surface area contributed by atoms with Gasteiger partial charge in [-0.15, -0.1) is 11.3 Å². The van der Waals surface area contributed by atoms with Crippen molar-refractivity contribution in [2.45, 2.75) is 12.5 Å². The van der Waals surface area contributed by atoms with Gasteiger partial charge in [-0.25, -0.2) is 0 Å². The third-order valence-electron chi connectivity index (χ3n) is 3.21. The van der Waals surface area contributed by atoms with Crippen LogP contribution in [0.4, 0.5) is 0 Å². The summed E-state index contributed by atoms with van der Waals surface area (Å²) in [5.41, 5.74) is 0. The monoisotopic (exact) mass is 291 g/mol. The molecule has 0 saturated carbocycles. The number of methoxy groups -OCH3 is 1. The maximum Gasteiger partial charge on any atom is 0.161 e. The van der Waals surface area contributed by atoms with E-state index in [9.17, 15) is 0 Å². The van der Waals surface area contributed by atoms with Crippen LogP contribution < -0.4 is 9.47 Å². The number of benzene rings is 1. The Kier molecular flexibility index (Phi) is 5.44. The molecular weight excluding hydrogens is 270 g/mol. The Morgan fingerprint density at radius 2 is 1.85 bits per heavy atom. The smallest absolute Gasteiger partial charge is 0.161 e. The average molecular weight is 291 g/mol. The van der Waals surface area contributed by atoms with Crippen molar-refractivity contribution in [3.05, 3.63) is 46.7 Å². The molecule has 20 heavy (non-hydrogen) atoms. The minimum Gasteiger partial charge on any atom is -0.493 e. The van der Waals surface area contributed by atoms with Crippen molar-refractivity contribution in [2.75, 3.05) is 27.8 Å². The van der Waals surface area contributed by atoms with Crippen LogP contribution in [0.15, 0.2) is 41.8 Å². The number of rotatable bonds is 7. The molecule has 1 heterocycles. The fourth-order valence-corrected chi connectivity index (χ4v) is 3.11. The van der Waals surface area contributed by atoms with Crippen LogP contribution in [-0.4, -0.2) is 32.7 Å². The van der Waals surface area contributed by atoms with E-state index in [0.717, 1.165) is 17.9 Å². The quantitative estimate of drug-likeness (QED) is 0.774. The minimum absolute atomic E-state index is 0.393. The average Bonchev–Trinajstić information content (AvgIpc) is 2.97. The van der Waals surface area contributed by atoms with Gasteiger partial charge in [0.15, 0.2) is 11.5 Å². The topological polar surface area (TPSA) is 21.7 Å². The number of ether oxygens (including phenoxy) is 2. The first kappa shape index (κ1) is 14.9. The second-order valence-electron chi connectivity index (χ2n) is 4.78. The van der Waals surface area contributed by atoms with Gasteiger partial charge in [0.05, 0.1) is 13.7 Å². The van der Waals surface area contributed by atoms with E-state index in [2.05, 4.69) is 36.5 Å². The van der Waals surface area contributed by atoms with E-state index in [1.54, 1.807) is 18.4 Å². The fourth-order valence-electron chi connectivity index (χ4n) is 2.15. The van der Waals surface area contributed by atoms with E-state index in [1.807, 2.05) is 24.3 Å². The third kappa shape index (κ3) is 3.74. The Labute approximate surface area is 124 Å². The van der Waals surface area contributed by atoms with Gasteiger partial charge >= 0.3 is 0 Å². The Morgan fingerprint density at radius 1 is 1.10 bits per heavy atom. The summed E-state index contributed by atoms with van der Waals surface area (Å²) in [6, 6.07) is 12.4. The van der Waals surface area contributed by atoms with Crippen molar-refractivity contribution in [3.63, 3.8) is 0 Å². The summed E-state index contributed by atoms with van der Waals surface area (Å²) in [5, 5.41) is 2.12. The van der Waals surface area contributed by atoms with E-state index in [4.69, 9.17) is 9.47 Å². The lowest BCUT2D eigenvalue weighted by Gasteiger charge is -2.23. The zero-order valence-electron chi connectivity index (χ0n) is 12.2. The molecule has 0 N–H and O–H groups in total. The predicted molar refractivity (Wildman–Crippen MR) is 83.9 cm³/mol. The molecule has 3 nitrogen and oxygen atoms in total. The SMILES string of the molecule is COc1ccccc1OCCC(c1cccs1)N(C)C. The highest BCUT2D eigenvalue weighted by molar-refractivity contribution is 7.10. The summed E-state index contributed by atoms with van der Waals surface area (Å²) >= 11 is 1.79. The van der Waals surface area contributed by atoms with Crippen LogP contribution in [0.3, 0.4) is 0 Å². The second kappa shape index (κ2) is 7.31. The van der Waals surface area contributed by atoms with Gasteiger partial charge in [-0.05, 0) is 37.7 Å². The summed E-state index contributed by atoms with van der Waals surface area (Å²) in [6.07, 6.45) is 0.950. The van der Waals surface area contributed by atoms with Gasteiger partial charge in [-0.3, -0.25) is 0 Å². The first-order valence-corrected chi connectivity index (χ1v) is 7.56. The van der Waals surface area contributed by atoms with E-state index in [1.165, 1.54) is 4.88 Å². The lowest BCUT2D eigenvalue weighted by molar-refractivity contribution is 0.221. The van der Waals surface area contributed by atoms with Crippen LogP contribution in [0.2, 0.25) is 0 Å². The van der Waals surface area contributed by atoms with Crippen molar-refractivity contribution >= 4 is 11.3 Å². The Morgan fingerprint density at radius 3 is 2.45 bits per heavy atom. The number of para-hydroxylation sites is 2. The molecule has 2 rings (SSSR count). The molecule has 108 valence electrons. The summed E-state index contributed by atoms with van der Waals surface area (Å²) in [7, 11) is 5.87. The van der Waals surface area contributed by atoms with Gasteiger partial charge in [-0.2, -0.15) is 0 Å². The van der Waals surface area contributed by atoms with Crippen LogP contribution in [0.1, 0.15) is 17.3 Å². The maximum atomic E-state index is 5.86. The molecule has 0 spiro atoms. The highest BCUT2D eigenvalue weighted by Gasteiger charge is 2.15. The number of hydrogen-bond donors (Lipinski definition) is 0. The summed E-state index contributed by atoms with van der Waals surface area (Å²) in [4.78, 5) is 3.61. The Hall–Kier alpha value is -1.52. The molecule has 1 aromatic carbocycles. The molecule has 0 amide bonds. The van der Waals surface area contributed by atoms with Crippen molar-refractivity contribution < 1.29 is 9.47 Å². The van der Waals surface area contributed by atoms with Crippen molar-refractivity contribution in [3.8, 4) is 11.5 Å². The Balaban J connectivity index is 1.94. The zero-order chi connectivity index (χ0) is 14.4. The standard InChI is InChI=1S/C16H21NO2S/c1-17(2)13(16-9-6-12-20-16)10-11-19-15-8-5-4-7-14(15)18-3/h4-9,12-13H,10-11H2,1-3H3. The van der Waals surface area contributed by atoms with Gasteiger partial charge in [0.25, 0.3) is 0 Å². The lowest BCUT2D eigenvalue weighted by atomic mass is 10.1. The summed E-state index contributed by atoms with van der Waals surface area (Å²) in [5.74, 6) is 1.59. The van der Waals surface area contributed by atoms with E-state index < -0.39 is 0 Å². The Bertz CT molecular complexity index is 511. The molecule has 1 aromatic heterocycles. The normalized spacial score (nSPS) is 12.4. The molecule has 2 aromatic rings. The molecule has 0 aliphatic carbocycles. The van der Waals surface area contributed by atoms with Crippen LogP contribution in [0.25, 0.3) is 0 Å². The highest BCUT2D eigenvalue weighted by Crippen LogP contribution is 2.29. The van der Waals surface area contributed by atoms with E-state index in [0.29, 0.717) is 12.6 Å². The molecule has 0 radical (unpaired) electrons. The summed E-state index contributed by atoms with van der Waals surface area (Å²) < 4.78 is 11.1. The zero-order valence-corrected chi connectivity index (χ0v) is 13.0. The van der Waals surface area contributed by atoms with Gasteiger partial charge in [0.2, 0.25) is 0 Å². The highest BCUT2D eigenvalue weighted by atomic mass is 32.1. The van der Waals surface area contributed by atoms with Crippen molar-refractivity contribution in [1.29, 1.82) is 0 Å². The molecule has 1 atom stereocenters. The number of nitrogens with zero attached hydrogens (tertiary/aromatic N) is 1. The lowest BCUT2D eigenvalue weighted by Crippen LogP contribution is -2.21. The number of thiophene rings is 1. The number of hydrogen-bond acceptors (Lipinski definition) is 4. The van der Waals surface area contributed by atoms with Crippen LogP contribution >= 0.6 is 11.3 Å². The minimum atomic E-state index is 0.393. The third-order valence-corrected chi connectivity index (χ3v) is 4.19. The maximum absolute atomic E-state index is 5.86. The molecule has 0 fully saturated rings. The molecular formula is C16H21NO2S. The van der Waals surface area contributed by atoms with Crippen LogP contribution in [0, 0.1) is 0 Å². The largest absolute Gasteiger partial charge is 0.493 e. The molecule has 0 saturated heterocycles.